The third-order valence-electron chi connectivity index (χ3n) is 2.88. The Morgan fingerprint density at radius 1 is 1.47 bits per heavy atom. The third kappa shape index (κ3) is 4.03. The van der Waals surface area contributed by atoms with E-state index in [9.17, 15) is 4.79 Å². The molecule has 104 valence electrons. The molecule has 6 nitrogen and oxygen atoms in total. The third-order valence-corrected chi connectivity index (χ3v) is 2.88. The predicted octanol–water partition coefficient (Wildman–Crippen LogP) is 0.838. The topological polar surface area (TPSA) is 64.7 Å². The SMILES string of the molecule is C=Nc1c(C=N)ccn1CC(=O)N(C)CCN(C)C. The summed E-state index contributed by atoms with van der Waals surface area (Å²) in [5, 5.41) is 7.25. The number of hydrogen-bond donors (Lipinski definition) is 1. The maximum Gasteiger partial charge on any atom is 0.242 e. The minimum atomic E-state index is 0.0129. The van der Waals surface area contributed by atoms with Gasteiger partial charge in [-0.2, -0.15) is 0 Å². The highest BCUT2D eigenvalue weighted by atomic mass is 16.2. The van der Waals surface area contributed by atoms with Crippen LogP contribution in [0.15, 0.2) is 17.3 Å². The molecule has 19 heavy (non-hydrogen) atoms. The van der Waals surface area contributed by atoms with Crippen LogP contribution in [-0.4, -0.2) is 67.4 Å². The molecular formula is C13H21N5O. The lowest BCUT2D eigenvalue weighted by atomic mass is 10.3. The van der Waals surface area contributed by atoms with Gasteiger partial charge in [-0.1, -0.05) is 0 Å². The molecule has 1 N–H and O–H groups in total. The largest absolute Gasteiger partial charge is 0.343 e. The van der Waals surface area contributed by atoms with Crippen LogP contribution in [0.3, 0.4) is 0 Å². The standard InChI is InChI=1S/C13H21N5O/c1-15-13-11(9-14)5-6-18(13)10-12(19)17(4)8-7-16(2)3/h5-6,9,14H,1,7-8,10H2,2-4H3. The zero-order chi connectivity index (χ0) is 14.4. The number of amides is 1. The quantitative estimate of drug-likeness (QED) is 0.741. The van der Waals surface area contributed by atoms with Crippen molar-refractivity contribution in [3.05, 3.63) is 17.8 Å². The number of likely N-dealkylation sites (N-methyl/N-ethyl adjacent to an activating group) is 2. The Hall–Kier alpha value is -1.95. The number of nitrogens with one attached hydrogen (secondary N) is 1. The van der Waals surface area contributed by atoms with E-state index in [1.807, 2.05) is 19.0 Å². The molecule has 0 atom stereocenters. The smallest absolute Gasteiger partial charge is 0.242 e. The maximum absolute atomic E-state index is 12.1. The second-order valence-corrected chi connectivity index (χ2v) is 4.64. The second kappa shape index (κ2) is 6.84. The van der Waals surface area contributed by atoms with E-state index in [2.05, 4.69) is 11.7 Å². The highest BCUT2D eigenvalue weighted by molar-refractivity contribution is 5.85. The van der Waals surface area contributed by atoms with Crippen LogP contribution >= 0.6 is 0 Å². The second-order valence-electron chi connectivity index (χ2n) is 4.64. The monoisotopic (exact) mass is 263 g/mol. The first-order valence-corrected chi connectivity index (χ1v) is 6.04. The molecule has 1 rings (SSSR count). The molecule has 1 aromatic rings. The lowest BCUT2D eigenvalue weighted by Gasteiger charge is -2.20. The van der Waals surface area contributed by atoms with Crippen LogP contribution < -0.4 is 0 Å². The summed E-state index contributed by atoms with van der Waals surface area (Å²) < 4.78 is 1.71. The molecule has 6 heteroatoms. The Morgan fingerprint density at radius 2 is 2.16 bits per heavy atom. The zero-order valence-electron chi connectivity index (χ0n) is 11.8. The van der Waals surface area contributed by atoms with Gasteiger partial charge in [0.15, 0.2) is 0 Å². The molecule has 0 aliphatic rings. The number of rotatable bonds is 7. The van der Waals surface area contributed by atoms with Crippen LogP contribution in [0.4, 0.5) is 5.82 Å². The van der Waals surface area contributed by atoms with Crippen LogP contribution in [0.25, 0.3) is 0 Å². The van der Waals surface area contributed by atoms with Crippen molar-refractivity contribution in [2.45, 2.75) is 6.54 Å². The van der Waals surface area contributed by atoms with Gasteiger partial charge in [-0.3, -0.25) is 4.79 Å². The summed E-state index contributed by atoms with van der Waals surface area (Å²) in [7, 11) is 5.73. The van der Waals surface area contributed by atoms with E-state index in [4.69, 9.17) is 5.41 Å². The van der Waals surface area contributed by atoms with Crippen molar-refractivity contribution in [3.8, 4) is 0 Å². The van der Waals surface area contributed by atoms with Gasteiger partial charge in [0.05, 0.1) is 0 Å². The van der Waals surface area contributed by atoms with Gasteiger partial charge in [-0.25, -0.2) is 4.99 Å². The summed E-state index contributed by atoms with van der Waals surface area (Å²) >= 11 is 0. The fourth-order valence-electron chi connectivity index (χ4n) is 1.64. The maximum atomic E-state index is 12.1. The molecule has 0 aromatic carbocycles. The van der Waals surface area contributed by atoms with E-state index in [1.54, 1.807) is 28.8 Å². The molecule has 1 amide bonds. The lowest BCUT2D eigenvalue weighted by Crippen LogP contribution is -2.35. The minimum Gasteiger partial charge on any atom is -0.343 e. The van der Waals surface area contributed by atoms with Gasteiger partial charge in [0.25, 0.3) is 0 Å². The first-order chi connectivity index (χ1) is 8.99. The van der Waals surface area contributed by atoms with Crippen molar-refractivity contribution in [3.63, 3.8) is 0 Å². The van der Waals surface area contributed by atoms with Crippen molar-refractivity contribution in [1.29, 1.82) is 5.41 Å². The van der Waals surface area contributed by atoms with Crippen molar-refractivity contribution in [2.75, 3.05) is 34.2 Å². The van der Waals surface area contributed by atoms with E-state index in [0.29, 0.717) is 17.9 Å². The average molecular weight is 263 g/mol. The van der Waals surface area contributed by atoms with Crippen molar-refractivity contribution in [1.82, 2.24) is 14.4 Å². The van der Waals surface area contributed by atoms with Crippen molar-refractivity contribution in [2.24, 2.45) is 4.99 Å². The zero-order valence-corrected chi connectivity index (χ0v) is 11.8. The van der Waals surface area contributed by atoms with E-state index < -0.39 is 0 Å². The molecule has 0 fully saturated rings. The molecule has 0 saturated heterocycles. The summed E-state index contributed by atoms with van der Waals surface area (Å²) in [5.41, 5.74) is 0.666. The summed E-state index contributed by atoms with van der Waals surface area (Å²) in [6, 6.07) is 1.75. The number of carbonyl (C=O) groups excluding carboxylic acids is 1. The van der Waals surface area contributed by atoms with Crippen LogP contribution in [0, 0.1) is 5.41 Å². The summed E-state index contributed by atoms with van der Waals surface area (Å²) in [4.78, 5) is 19.7. The number of aromatic nitrogens is 1. The van der Waals surface area contributed by atoms with Crippen LogP contribution in [0.5, 0.6) is 0 Å². The minimum absolute atomic E-state index is 0.0129. The van der Waals surface area contributed by atoms with Gasteiger partial charge >= 0.3 is 0 Å². The summed E-state index contributed by atoms with van der Waals surface area (Å²) in [6.45, 7) is 5.20. The van der Waals surface area contributed by atoms with Crippen LogP contribution in [0.2, 0.25) is 0 Å². The molecule has 0 spiro atoms. The van der Waals surface area contributed by atoms with Gasteiger partial charge in [-0.15, -0.1) is 0 Å². The highest BCUT2D eigenvalue weighted by Crippen LogP contribution is 2.18. The Balaban J connectivity index is 2.68. The molecule has 0 unspecified atom stereocenters. The van der Waals surface area contributed by atoms with Gasteiger partial charge in [0, 0.05) is 38.1 Å². The van der Waals surface area contributed by atoms with Crippen LogP contribution in [0.1, 0.15) is 5.56 Å². The van der Waals surface area contributed by atoms with E-state index in [0.717, 1.165) is 6.54 Å². The van der Waals surface area contributed by atoms with Gasteiger partial charge in [-0.05, 0) is 26.9 Å². The number of hydrogen-bond acceptors (Lipinski definition) is 4. The molecular weight excluding hydrogens is 242 g/mol. The van der Waals surface area contributed by atoms with E-state index >= 15 is 0 Å². The molecule has 0 radical (unpaired) electrons. The molecule has 1 aromatic heterocycles. The predicted molar refractivity (Wildman–Crippen MR) is 77.7 cm³/mol. The Bertz CT molecular complexity index is 464. The molecule has 0 aliphatic carbocycles. The molecule has 1 heterocycles. The molecule has 0 aliphatic heterocycles. The van der Waals surface area contributed by atoms with Gasteiger partial charge < -0.3 is 19.8 Å². The number of aliphatic imine (C=N–C) groups is 1. The Kier molecular flexibility index (Phi) is 5.44. The Labute approximate surface area is 113 Å². The van der Waals surface area contributed by atoms with Crippen molar-refractivity contribution < 1.29 is 4.79 Å². The molecule has 0 bridgehead atoms. The van der Waals surface area contributed by atoms with Crippen LogP contribution in [-0.2, 0) is 11.3 Å². The average Bonchev–Trinajstić information content (AvgIpc) is 2.77. The number of carbonyl (C=O) groups is 1. The Morgan fingerprint density at radius 3 is 2.68 bits per heavy atom. The van der Waals surface area contributed by atoms with E-state index in [1.165, 1.54) is 6.21 Å². The van der Waals surface area contributed by atoms with E-state index in [-0.39, 0.29) is 12.5 Å². The fourth-order valence-corrected chi connectivity index (χ4v) is 1.64. The number of nitrogens with zero attached hydrogens (tertiary/aromatic N) is 4. The summed E-state index contributed by atoms with van der Waals surface area (Å²) in [5.74, 6) is 0.572. The lowest BCUT2D eigenvalue weighted by molar-refractivity contribution is -0.130. The fraction of sp³-hybridized carbons (Fsp3) is 0.462. The van der Waals surface area contributed by atoms with Gasteiger partial charge in [0.1, 0.15) is 12.4 Å². The summed E-state index contributed by atoms with van der Waals surface area (Å²) in [6.07, 6.45) is 2.96. The normalized spacial score (nSPS) is 10.5. The van der Waals surface area contributed by atoms with Crippen molar-refractivity contribution >= 4 is 24.7 Å². The van der Waals surface area contributed by atoms with Gasteiger partial charge in [0.2, 0.25) is 5.91 Å². The highest BCUT2D eigenvalue weighted by Gasteiger charge is 2.13. The first kappa shape index (κ1) is 15.1. The first-order valence-electron chi connectivity index (χ1n) is 6.04. The molecule has 0 saturated carbocycles.